The van der Waals surface area contributed by atoms with Crippen molar-refractivity contribution in [3.63, 3.8) is 0 Å². The average molecular weight is 357 g/mol. The van der Waals surface area contributed by atoms with E-state index in [1.54, 1.807) is 0 Å². The highest BCUT2D eigenvalue weighted by atomic mass is 16.1. The van der Waals surface area contributed by atoms with Gasteiger partial charge in [0, 0.05) is 31.7 Å². The highest BCUT2D eigenvalue weighted by molar-refractivity contribution is 5.99. The van der Waals surface area contributed by atoms with Crippen LogP contribution in [0, 0.1) is 12.8 Å². The molecule has 1 saturated heterocycles. The summed E-state index contributed by atoms with van der Waals surface area (Å²) in [6.45, 7) is 18.5. The summed E-state index contributed by atoms with van der Waals surface area (Å²) in [6.07, 6.45) is 1.17. The van der Waals surface area contributed by atoms with Crippen molar-refractivity contribution in [3.8, 4) is 0 Å². The predicted octanol–water partition coefficient (Wildman–Crippen LogP) is 4.02. The summed E-state index contributed by atoms with van der Waals surface area (Å²) in [5.74, 6) is 0.915. The molecule has 3 nitrogen and oxygen atoms in total. The van der Waals surface area contributed by atoms with E-state index in [1.165, 1.54) is 17.5 Å². The predicted molar refractivity (Wildman–Crippen MR) is 109 cm³/mol. The van der Waals surface area contributed by atoms with Crippen LogP contribution in [0.25, 0.3) is 0 Å². The Bertz CT molecular complexity index is 696. The van der Waals surface area contributed by atoms with Crippen LogP contribution in [-0.2, 0) is 10.8 Å². The summed E-state index contributed by atoms with van der Waals surface area (Å²) < 4.78 is 0. The number of ketones is 1. The molecule has 1 aromatic rings. The third-order valence-corrected chi connectivity index (χ3v) is 7.10. The van der Waals surface area contributed by atoms with Crippen LogP contribution in [0.1, 0.15) is 68.1 Å². The van der Waals surface area contributed by atoms with Crippen LogP contribution in [0.15, 0.2) is 12.1 Å². The van der Waals surface area contributed by atoms with Crippen molar-refractivity contribution in [1.29, 1.82) is 0 Å². The molecule has 26 heavy (non-hydrogen) atoms. The van der Waals surface area contributed by atoms with E-state index in [4.69, 9.17) is 0 Å². The Morgan fingerprint density at radius 3 is 2.31 bits per heavy atom. The summed E-state index contributed by atoms with van der Waals surface area (Å²) in [5.41, 5.74) is 5.18. The molecule has 1 aromatic carbocycles. The topological polar surface area (TPSA) is 23.6 Å². The molecule has 3 rings (SSSR count). The molecule has 0 bridgehead atoms. The van der Waals surface area contributed by atoms with Gasteiger partial charge in [-0.2, -0.15) is 0 Å². The number of benzene rings is 1. The lowest BCUT2D eigenvalue weighted by atomic mass is 9.58. The summed E-state index contributed by atoms with van der Waals surface area (Å²) >= 11 is 0. The second kappa shape index (κ2) is 6.76. The number of carbonyl (C=O) groups is 1. The lowest BCUT2D eigenvalue weighted by Crippen LogP contribution is -2.46. The minimum absolute atomic E-state index is 0.126. The fourth-order valence-corrected chi connectivity index (χ4v) is 4.79. The minimum atomic E-state index is 0.126. The molecule has 1 atom stereocenters. The number of piperazine rings is 1. The largest absolute Gasteiger partial charge is 0.304 e. The van der Waals surface area contributed by atoms with E-state index in [2.05, 4.69) is 70.5 Å². The molecular formula is C23H36N2O. The van der Waals surface area contributed by atoms with Gasteiger partial charge in [-0.1, -0.05) is 40.7 Å². The molecule has 2 aliphatic rings. The van der Waals surface area contributed by atoms with E-state index in [1.807, 2.05) is 0 Å². The molecule has 0 spiro atoms. The van der Waals surface area contributed by atoms with Crippen molar-refractivity contribution in [2.24, 2.45) is 5.92 Å². The number of fused-ring (bicyclic) bond motifs is 1. The fourth-order valence-electron chi connectivity index (χ4n) is 4.79. The van der Waals surface area contributed by atoms with Crippen molar-refractivity contribution < 1.29 is 4.79 Å². The van der Waals surface area contributed by atoms with E-state index >= 15 is 0 Å². The van der Waals surface area contributed by atoms with Crippen LogP contribution in [-0.4, -0.2) is 55.4 Å². The lowest BCUT2D eigenvalue weighted by molar-refractivity contribution is 0.0875. The van der Waals surface area contributed by atoms with Gasteiger partial charge in [-0.05, 0) is 59.9 Å². The van der Waals surface area contributed by atoms with Crippen molar-refractivity contribution in [2.45, 2.75) is 58.8 Å². The quantitative estimate of drug-likeness (QED) is 0.764. The fraction of sp³-hybridized carbons (Fsp3) is 0.696. The number of Topliss-reactive ketones (excluding diaryl/α,β-unsaturated/α-hetero) is 1. The van der Waals surface area contributed by atoms with Crippen molar-refractivity contribution in [2.75, 3.05) is 39.8 Å². The molecule has 0 N–H and O–H groups in total. The van der Waals surface area contributed by atoms with Crippen LogP contribution < -0.4 is 0 Å². The molecule has 3 heteroatoms. The smallest absolute Gasteiger partial charge is 0.177 e. The maximum atomic E-state index is 13.1. The molecule has 1 fully saturated rings. The number of hydrogen-bond donors (Lipinski definition) is 0. The number of aryl methyl sites for hydroxylation is 1. The zero-order valence-corrected chi connectivity index (χ0v) is 17.8. The van der Waals surface area contributed by atoms with Gasteiger partial charge in [0.1, 0.15) is 0 Å². The van der Waals surface area contributed by atoms with Gasteiger partial charge in [0.25, 0.3) is 0 Å². The molecule has 1 heterocycles. The summed E-state index contributed by atoms with van der Waals surface area (Å²) in [7, 11) is 2.15. The number of likely N-dealkylation sites (N-methyl/N-ethyl adjacent to an activating group) is 1. The van der Waals surface area contributed by atoms with Gasteiger partial charge in [0.2, 0.25) is 0 Å². The second-order valence-corrected chi connectivity index (χ2v) is 9.93. The first kappa shape index (κ1) is 19.6. The zero-order valence-electron chi connectivity index (χ0n) is 17.8. The molecule has 0 amide bonds. The normalized spacial score (nSPS) is 25.7. The Balaban J connectivity index is 1.91. The van der Waals surface area contributed by atoms with E-state index in [-0.39, 0.29) is 16.6 Å². The summed E-state index contributed by atoms with van der Waals surface area (Å²) in [6, 6.07) is 4.54. The van der Waals surface area contributed by atoms with E-state index < -0.39 is 0 Å². The van der Waals surface area contributed by atoms with Gasteiger partial charge < -0.3 is 4.90 Å². The van der Waals surface area contributed by atoms with Crippen molar-refractivity contribution in [1.82, 2.24) is 9.80 Å². The molecule has 1 aliphatic heterocycles. The maximum absolute atomic E-state index is 13.1. The Hall–Kier alpha value is -1.19. The molecule has 0 aromatic heterocycles. The summed E-state index contributed by atoms with van der Waals surface area (Å²) in [4.78, 5) is 17.7. The molecule has 144 valence electrons. The molecule has 1 aliphatic carbocycles. The van der Waals surface area contributed by atoms with Gasteiger partial charge >= 0.3 is 0 Å². The van der Waals surface area contributed by atoms with Crippen LogP contribution in [0.5, 0.6) is 0 Å². The van der Waals surface area contributed by atoms with Gasteiger partial charge in [-0.25, -0.2) is 0 Å². The van der Waals surface area contributed by atoms with Crippen LogP contribution >= 0.6 is 0 Å². The Morgan fingerprint density at radius 2 is 1.69 bits per heavy atom. The van der Waals surface area contributed by atoms with Crippen molar-refractivity contribution >= 4 is 5.78 Å². The Labute approximate surface area is 159 Å². The van der Waals surface area contributed by atoms with Gasteiger partial charge in [-0.3, -0.25) is 9.69 Å². The second-order valence-electron chi connectivity index (χ2n) is 9.93. The van der Waals surface area contributed by atoms with Gasteiger partial charge in [-0.15, -0.1) is 0 Å². The van der Waals surface area contributed by atoms with Crippen LogP contribution in [0.4, 0.5) is 0 Å². The molecule has 0 radical (unpaired) electrons. The first-order valence-corrected chi connectivity index (χ1v) is 10.1. The maximum Gasteiger partial charge on any atom is 0.177 e. The monoisotopic (exact) mass is 356 g/mol. The average Bonchev–Trinajstić information content (AvgIpc) is 2.54. The minimum Gasteiger partial charge on any atom is -0.304 e. The Morgan fingerprint density at radius 1 is 1.08 bits per heavy atom. The number of carbonyl (C=O) groups excluding carboxylic acids is 1. The van der Waals surface area contributed by atoms with Crippen LogP contribution in [0.2, 0.25) is 0 Å². The standard InChI is InChI=1S/C23H36N2O/c1-16-12-20-19(22(3,4)14-17(2)23(20,5)6)13-18(16)21(26)15-25-10-8-24(7)9-11-25/h12-13,17H,8-11,14-15H2,1-7H3. The first-order chi connectivity index (χ1) is 12.0. The molecular weight excluding hydrogens is 320 g/mol. The third kappa shape index (κ3) is 3.48. The molecule has 0 saturated carbocycles. The third-order valence-electron chi connectivity index (χ3n) is 7.10. The number of nitrogens with zero attached hydrogens (tertiary/aromatic N) is 2. The van der Waals surface area contributed by atoms with E-state index in [0.29, 0.717) is 12.5 Å². The van der Waals surface area contributed by atoms with E-state index in [9.17, 15) is 4.79 Å². The number of rotatable bonds is 3. The Kier molecular flexibility index (Phi) is 5.09. The SMILES string of the molecule is Cc1cc2c(cc1C(=O)CN1CCN(C)CC1)C(C)(C)CC(C)C2(C)C. The molecule has 1 unspecified atom stereocenters. The summed E-state index contributed by atoms with van der Waals surface area (Å²) in [5, 5.41) is 0. The highest BCUT2D eigenvalue weighted by Gasteiger charge is 2.42. The van der Waals surface area contributed by atoms with Crippen LogP contribution in [0.3, 0.4) is 0 Å². The zero-order chi connectivity index (χ0) is 19.3. The van der Waals surface area contributed by atoms with Crippen molar-refractivity contribution in [3.05, 3.63) is 34.4 Å². The number of hydrogen-bond acceptors (Lipinski definition) is 3. The van der Waals surface area contributed by atoms with Gasteiger partial charge in [0.15, 0.2) is 5.78 Å². The highest BCUT2D eigenvalue weighted by Crippen LogP contribution is 2.49. The van der Waals surface area contributed by atoms with Gasteiger partial charge in [0.05, 0.1) is 6.54 Å². The first-order valence-electron chi connectivity index (χ1n) is 10.1. The van der Waals surface area contributed by atoms with E-state index in [0.717, 1.165) is 37.3 Å². The lowest BCUT2D eigenvalue weighted by Gasteiger charge is -2.47.